The highest BCUT2D eigenvalue weighted by molar-refractivity contribution is 7.99. The minimum Gasteiger partial charge on any atom is -0.294 e. The van der Waals surface area contributed by atoms with E-state index in [-0.39, 0.29) is 11.7 Å². The highest BCUT2D eigenvalue weighted by atomic mass is 32.2. The Kier molecular flexibility index (Phi) is 5.48. The fraction of sp³-hybridized carbons (Fsp3) is 0.462. The molecule has 0 heterocycles. The maximum absolute atomic E-state index is 11.9. The van der Waals surface area contributed by atoms with Gasteiger partial charge in [0, 0.05) is 11.5 Å². The van der Waals surface area contributed by atoms with Gasteiger partial charge in [-0.3, -0.25) is 4.79 Å². The van der Waals surface area contributed by atoms with Crippen LogP contribution in [0.2, 0.25) is 0 Å². The Labute approximate surface area is 96.3 Å². The minimum absolute atomic E-state index is 0.145. The first-order valence-corrected chi connectivity index (χ1v) is 6.58. The number of hydrogen-bond acceptors (Lipinski definition) is 2. The molecule has 1 unspecified atom stereocenters. The molecule has 1 nitrogen and oxygen atoms in total. The van der Waals surface area contributed by atoms with Crippen LogP contribution in [0.5, 0.6) is 0 Å². The van der Waals surface area contributed by atoms with E-state index < -0.39 is 0 Å². The molecule has 0 N–H and O–H groups in total. The molecule has 0 aliphatic carbocycles. The SMILES string of the molecule is CCSCCC(C)C(=O)c1ccccc1. The van der Waals surface area contributed by atoms with Gasteiger partial charge in [-0.2, -0.15) is 11.8 Å². The average Bonchev–Trinajstić information content (AvgIpc) is 2.29. The second-order valence-corrected chi connectivity index (χ2v) is 5.01. The summed E-state index contributed by atoms with van der Waals surface area (Å²) in [6.07, 6.45) is 0.978. The first kappa shape index (κ1) is 12.3. The fourth-order valence-electron chi connectivity index (χ4n) is 1.42. The Morgan fingerprint density at radius 1 is 1.33 bits per heavy atom. The molecule has 0 radical (unpaired) electrons. The van der Waals surface area contributed by atoms with Crippen molar-refractivity contribution in [2.45, 2.75) is 20.3 Å². The molecule has 1 atom stereocenters. The summed E-state index contributed by atoms with van der Waals surface area (Å²) in [5.74, 6) is 2.63. The predicted octanol–water partition coefficient (Wildman–Crippen LogP) is 3.65. The zero-order chi connectivity index (χ0) is 11.1. The van der Waals surface area contributed by atoms with Crippen molar-refractivity contribution in [2.75, 3.05) is 11.5 Å². The minimum atomic E-state index is 0.145. The van der Waals surface area contributed by atoms with Gasteiger partial charge >= 0.3 is 0 Å². The Morgan fingerprint density at radius 3 is 2.60 bits per heavy atom. The highest BCUT2D eigenvalue weighted by Crippen LogP contribution is 2.14. The smallest absolute Gasteiger partial charge is 0.165 e. The molecule has 0 saturated heterocycles. The molecule has 1 aromatic carbocycles. The molecule has 1 rings (SSSR count). The van der Waals surface area contributed by atoms with Gasteiger partial charge in [0.1, 0.15) is 0 Å². The van der Waals surface area contributed by atoms with E-state index in [9.17, 15) is 4.79 Å². The van der Waals surface area contributed by atoms with E-state index in [0.29, 0.717) is 0 Å². The molecule has 0 saturated carbocycles. The molecule has 0 fully saturated rings. The van der Waals surface area contributed by atoms with Crippen molar-refractivity contribution in [3.05, 3.63) is 35.9 Å². The molecule has 0 aliphatic heterocycles. The lowest BCUT2D eigenvalue weighted by Crippen LogP contribution is -2.12. The number of hydrogen-bond donors (Lipinski definition) is 0. The Morgan fingerprint density at radius 2 is 2.00 bits per heavy atom. The number of carbonyl (C=O) groups is 1. The largest absolute Gasteiger partial charge is 0.294 e. The van der Waals surface area contributed by atoms with Crippen molar-refractivity contribution in [1.82, 2.24) is 0 Å². The Hall–Kier alpha value is -0.760. The average molecular weight is 222 g/mol. The van der Waals surface area contributed by atoms with Crippen molar-refractivity contribution >= 4 is 17.5 Å². The monoisotopic (exact) mass is 222 g/mol. The molecule has 0 spiro atoms. The summed E-state index contributed by atoms with van der Waals surface area (Å²) in [5.41, 5.74) is 0.839. The van der Waals surface area contributed by atoms with E-state index in [4.69, 9.17) is 0 Å². The summed E-state index contributed by atoms with van der Waals surface area (Å²) in [6.45, 7) is 4.17. The molecule has 2 heteroatoms. The van der Waals surface area contributed by atoms with Gasteiger partial charge in [-0.25, -0.2) is 0 Å². The predicted molar refractivity (Wildman–Crippen MR) is 67.6 cm³/mol. The van der Waals surface area contributed by atoms with Crippen LogP contribution < -0.4 is 0 Å². The normalized spacial score (nSPS) is 12.4. The van der Waals surface area contributed by atoms with E-state index >= 15 is 0 Å². The Bertz CT molecular complexity index is 295. The molecule has 15 heavy (non-hydrogen) atoms. The van der Waals surface area contributed by atoms with Gasteiger partial charge < -0.3 is 0 Å². The van der Waals surface area contributed by atoms with Crippen molar-refractivity contribution in [2.24, 2.45) is 5.92 Å². The van der Waals surface area contributed by atoms with Crippen molar-refractivity contribution in [3.63, 3.8) is 0 Å². The topological polar surface area (TPSA) is 17.1 Å². The first-order valence-electron chi connectivity index (χ1n) is 5.42. The number of rotatable bonds is 6. The van der Waals surface area contributed by atoms with E-state index in [1.807, 2.05) is 49.0 Å². The van der Waals surface area contributed by atoms with Crippen LogP contribution in [0.1, 0.15) is 30.6 Å². The van der Waals surface area contributed by atoms with Gasteiger partial charge in [-0.05, 0) is 17.9 Å². The van der Waals surface area contributed by atoms with Crippen LogP contribution in [0.25, 0.3) is 0 Å². The van der Waals surface area contributed by atoms with Crippen LogP contribution in [0.3, 0.4) is 0 Å². The summed E-state index contributed by atoms with van der Waals surface area (Å²) < 4.78 is 0. The van der Waals surface area contributed by atoms with Gasteiger partial charge in [0.05, 0.1) is 0 Å². The van der Waals surface area contributed by atoms with E-state index in [2.05, 4.69) is 6.92 Å². The first-order chi connectivity index (χ1) is 7.25. The summed E-state index contributed by atoms with van der Waals surface area (Å²) >= 11 is 1.90. The molecule has 0 aliphatic rings. The Balaban J connectivity index is 2.46. The second kappa shape index (κ2) is 6.67. The van der Waals surface area contributed by atoms with Crippen LogP contribution in [0.15, 0.2) is 30.3 Å². The van der Waals surface area contributed by atoms with Crippen molar-refractivity contribution in [1.29, 1.82) is 0 Å². The standard InChI is InChI=1S/C13H18OS/c1-3-15-10-9-11(2)13(14)12-7-5-4-6-8-12/h4-8,11H,3,9-10H2,1-2H3. The van der Waals surface area contributed by atoms with Crippen LogP contribution in [0.4, 0.5) is 0 Å². The number of thioether (sulfide) groups is 1. The molecular weight excluding hydrogens is 204 g/mol. The number of benzene rings is 1. The second-order valence-electron chi connectivity index (χ2n) is 3.62. The summed E-state index contributed by atoms with van der Waals surface area (Å²) in [7, 11) is 0. The van der Waals surface area contributed by atoms with Crippen LogP contribution in [0, 0.1) is 5.92 Å². The molecular formula is C13H18OS. The van der Waals surface area contributed by atoms with Crippen molar-refractivity contribution < 1.29 is 4.79 Å². The van der Waals surface area contributed by atoms with E-state index in [1.165, 1.54) is 0 Å². The maximum Gasteiger partial charge on any atom is 0.165 e. The van der Waals surface area contributed by atoms with Crippen molar-refractivity contribution in [3.8, 4) is 0 Å². The zero-order valence-corrected chi connectivity index (χ0v) is 10.2. The lowest BCUT2D eigenvalue weighted by molar-refractivity contribution is 0.0928. The number of Topliss-reactive ketones (excluding diaryl/α,β-unsaturated/α-hetero) is 1. The lowest BCUT2D eigenvalue weighted by atomic mass is 9.97. The molecule has 1 aromatic rings. The molecule has 0 amide bonds. The van der Waals surface area contributed by atoms with Crippen LogP contribution >= 0.6 is 11.8 Å². The third kappa shape index (κ3) is 4.08. The number of ketones is 1. The third-order valence-electron chi connectivity index (χ3n) is 2.41. The summed E-state index contributed by atoms with van der Waals surface area (Å²) in [4.78, 5) is 11.9. The van der Waals surface area contributed by atoms with Gasteiger partial charge in [0.2, 0.25) is 0 Å². The van der Waals surface area contributed by atoms with Crippen LogP contribution in [-0.2, 0) is 0 Å². The molecule has 0 bridgehead atoms. The summed E-state index contributed by atoms with van der Waals surface area (Å²) in [5, 5.41) is 0. The maximum atomic E-state index is 11.9. The van der Waals surface area contributed by atoms with Gasteiger partial charge in [-0.1, -0.05) is 44.2 Å². The van der Waals surface area contributed by atoms with Gasteiger partial charge in [0.15, 0.2) is 5.78 Å². The highest BCUT2D eigenvalue weighted by Gasteiger charge is 2.13. The van der Waals surface area contributed by atoms with Gasteiger partial charge in [-0.15, -0.1) is 0 Å². The van der Waals surface area contributed by atoms with Gasteiger partial charge in [0.25, 0.3) is 0 Å². The summed E-state index contributed by atoms with van der Waals surface area (Å²) in [6, 6.07) is 9.56. The zero-order valence-electron chi connectivity index (χ0n) is 9.40. The fourth-order valence-corrected chi connectivity index (χ4v) is 2.23. The van der Waals surface area contributed by atoms with E-state index in [0.717, 1.165) is 23.5 Å². The quantitative estimate of drug-likeness (QED) is 0.540. The molecule has 82 valence electrons. The third-order valence-corrected chi connectivity index (χ3v) is 3.34. The van der Waals surface area contributed by atoms with E-state index in [1.54, 1.807) is 0 Å². The lowest BCUT2D eigenvalue weighted by Gasteiger charge is -2.09. The number of carbonyl (C=O) groups excluding carboxylic acids is 1. The van der Waals surface area contributed by atoms with Crippen LogP contribution in [-0.4, -0.2) is 17.3 Å². The molecule has 0 aromatic heterocycles.